The lowest BCUT2D eigenvalue weighted by Gasteiger charge is -2.10. The molecule has 4 heteroatoms. The van der Waals surface area contributed by atoms with E-state index in [1.54, 1.807) is 0 Å². The molecule has 0 aliphatic carbocycles. The third-order valence-corrected chi connectivity index (χ3v) is 5.87. The van der Waals surface area contributed by atoms with Crippen molar-refractivity contribution in [2.24, 2.45) is 0 Å². The molecule has 0 saturated carbocycles. The van der Waals surface area contributed by atoms with Gasteiger partial charge >= 0.3 is 5.97 Å². The van der Waals surface area contributed by atoms with Crippen molar-refractivity contribution in [2.75, 3.05) is 6.61 Å². The normalized spacial score (nSPS) is 12.3. The van der Waals surface area contributed by atoms with Crippen LogP contribution in [0.15, 0.2) is 0 Å². The number of hydrogen-bond donors (Lipinski definition) is 3. The first-order valence-electron chi connectivity index (χ1n) is 12.7. The Morgan fingerprint density at radius 1 is 0.517 bits per heavy atom. The molecular formula is C25H50O4. The Morgan fingerprint density at radius 3 is 1.17 bits per heavy atom. The summed E-state index contributed by atoms with van der Waals surface area (Å²) in [5, 5.41) is 27.4. The van der Waals surface area contributed by atoms with Crippen molar-refractivity contribution in [3.05, 3.63) is 0 Å². The number of aliphatic hydroxyl groups excluding tert-OH is 2. The van der Waals surface area contributed by atoms with Crippen LogP contribution in [0.1, 0.15) is 141 Å². The molecule has 0 saturated heterocycles. The van der Waals surface area contributed by atoms with Gasteiger partial charge in [0.1, 0.15) is 0 Å². The first-order valence-corrected chi connectivity index (χ1v) is 12.7. The molecule has 0 aromatic carbocycles. The van der Waals surface area contributed by atoms with E-state index < -0.39 is 5.97 Å². The highest BCUT2D eigenvalue weighted by Crippen LogP contribution is 2.15. The Labute approximate surface area is 180 Å². The van der Waals surface area contributed by atoms with Crippen LogP contribution in [0.5, 0.6) is 0 Å². The largest absolute Gasteiger partial charge is 0.481 e. The van der Waals surface area contributed by atoms with Crippen LogP contribution in [-0.2, 0) is 4.79 Å². The molecule has 0 aromatic heterocycles. The Bertz CT molecular complexity index is 333. The van der Waals surface area contributed by atoms with Crippen LogP contribution >= 0.6 is 0 Å². The molecule has 1 unspecified atom stereocenters. The van der Waals surface area contributed by atoms with Crippen molar-refractivity contribution >= 4 is 5.97 Å². The lowest BCUT2D eigenvalue weighted by molar-refractivity contribution is -0.137. The zero-order valence-corrected chi connectivity index (χ0v) is 19.1. The fourth-order valence-corrected chi connectivity index (χ4v) is 3.94. The highest BCUT2D eigenvalue weighted by atomic mass is 16.4. The number of aliphatic carboxylic acids is 1. The molecule has 174 valence electrons. The summed E-state index contributed by atoms with van der Waals surface area (Å²) in [6, 6.07) is 0. The Kier molecular flexibility index (Phi) is 23.2. The first-order chi connectivity index (χ1) is 14.2. The second-order valence-electron chi connectivity index (χ2n) is 8.82. The van der Waals surface area contributed by atoms with Crippen LogP contribution in [0.25, 0.3) is 0 Å². The molecule has 0 spiro atoms. The smallest absolute Gasteiger partial charge is 0.303 e. The quantitative estimate of drug-likeness (QED) is 0.148. The molecule has 29 heavy (non-hydrogen) atoms. The first kappa shape index (κ1) is 28.4. The molecule has 0 bridgehead atoms. The van der Waals surface area contributed by atoms with Crippen LogP contribution in [0, 0.1) is 0 Å². The van der Waals surface area contributed by atoms with Gasteiger partial charge in [0.05, 0.1) is 6.10 Å². The topological polar surface area (TPSA) is 77.8 Å². The van der Waals surface area contributed by atoms with Crippen LogP contribution in [0.2, 0.25) is 0 Å². The molecule has 0 aromatic rings. The van der Waals surface area contributed by atoms with Gasteiger partial charge in [-0.05, 0) is 25.7 Å². The minimum atomic E-state index is -0.668. The van der Waals surface area contributed by atoms with E-state index in [4.69, 9.17) is 10.2 Å². The van der Waals surface area contributed by atoms with Gasteiger partial charge in [-0.2, -0.15) is 0 Å². The molecule has 0 heterocycles. The standard InChI is InChI=1S/C25H50O4/c26-23-19-15-11-10-13-17-21-24(27)20-16-12-8-6-4-2-1-3-5-7-9-14-18-22-25(28)29/h24,26-27H,1-23H2,(H,28,29). The minimum absolute atomic E-state index is 0.100. The van der Waals surface area contributed by atoms with E-state index in [9.17, 15) is 9.90 Å². The maximum atomic E-state index is 10.4. The van der Waals surface area contributed by atoms with E-state index in [0.29, 0.717) is 13.0 Å². The van der Waals surface area contributed by atoms with Gasteiger partial charge in [0.25, 0.3) is 0 Å². The van der Waals surface area contributed by atoms with E-state index >= 15 is 0 Å². The summed E-state index contributed by atoms with van der Waals surface area (Å²) < 4.78 is 0. The van der Waals surface area contributed by atoms with Gasteiger partial charge in [-0.25, -0.2) is 0 Å². The van der Waals surface area contributed by atoms with E-state index in [2.05, 4.69) is 0 Å². The molecule has 3 N–H and O–H groups in total. The van der Waals surface area contributed by atoms with Gasteiger partial charge in [-0.1, -0.05) is 109 Å². The van der Waals surface area contributed by atoms with Crippen molar-refractivity contribution in [3.63, 3.8) is 0 Å². The number of carboxylic acid groups (broad SMARTS) is 1. The van der Waals surface area contributed by atoms with Gasteiger partial charge in [0, 0.05) is 13.0 Å². The summed E-state index contributed by atoms with van der Waals surface area (Å²) in [6.45, 7) is 0.317. The Hall–Kier alpha value is -0.610. The van der Waals surface area contributed by atoms with Crippen LogP contribution < -0.4 is 0 Å². The summed E-state index contributed by atoms with van der Waals surface area (Å²) in [7, 11) is 0. The zero-order valence-electron chi connectivity index (χ0n) is 19.1. The molecule has 0 radical (unpaired) electrons. The van der Waals surface area contributed by atoms with Gasteiger partial charge in [-0.15, -0.1) is 0 Å². The van der Waals surface area contributed by atoms with E-state index in [1.807, 2.05) is 0 Å². The molecule has 0 fully saturated rings. The summed E-state index contributed by atoms with van der Waals surface area (Å²) in [6.07, 6.45) is 25.1. The fraction of sp³-hybridized carbons (Fsp3) is 0.960. The van der Waals surface area contributed by atoms with E-state index in [0.717, 1.165) is 44.9 Å². The number of carbonyl (C=O) groups is 1. The maximum Gasteiger partial charge on any atom is 0.303 e. The molecule has 0 amide bonds. The van der Waals surface area contributed by atoms with Crippen molar-refractivity contribution in [2.45, 2.75) is 147 Å². The van der Waals surface area contributed by atoms with E-state index in [-0.39, 0.29) is 6.10 Å². The third-order valence-electron chi connectivity index (χ3n) is 5.87. The molecule has 1 atom stereocenters. The van der Waals surface area contributed by atoms with Crippen molar-refractivity contribution in [1.29, 1.82) is 0 Å². The van der Waals surface area contributed by atoms with E-state index in [1.165, 1.54) is 89.9 Å². The van der Waals surface area contributed by atoms with Gasteiger partial charge < -0.3 is 15.3 Å². The van der Waals surface area contributed by atoms with Crippen LogP contribution in [0.4, 0.5) is 0 Å². The minimum Gasteiger partial charge on any atom is -0.481 e. The molecule has 4 nitrogen and oxygen atoms in total. The number of hydrogen-bond acceptors (Lipinski definition) is 3. The summed E-state index contributed by atoms with van der Waals surface area (Å²) in [5.74, 6) is -0.668. The second kappa shape index (κ2) is 23.7. The SMILES string of the molecule is O=C(O)CCCCCCCCCCCCCCCC(O)CCCCCCCCO. The highest BCUT2D eigenvalue weighted by molar-refractivity contribution is 5.66. The maximum absolute atomic E-state index is 10.4. The lowest BCUT2D eigenvalue weighted by Crippen LogP contribution is -2.05. The number of aliphatic hydroxyl groups is 2. The van der Waals surface area contributed by atoms with Gasteiger partial charge in [0.2, 0.25) is 0 Å². The second-order valence-corrected chi connectivity index (χ2v) is 8.82. The predicted octanol–water partition coefficient (Wildman–Crippen LogP) is 7.01. The van der Waals surface area contributed by atoms with Crippen molar-refractivity contribution in [3.8, 4) is 0 Å². The Morgan fingerprint density at radius 2 is 0.828 bits per heavy atom. The van der Waals surface area contributed by atoms with Crippen molar-refractivity contribution in [1.82, 2.24) is 0 Å². The number of rotatable bonds is 24. The summed E-state index contributed by atoms with van der Waals surface area (Å²) in [5.41, 5.74) is 0. The fourth-order valence-electron chi connectivity index (χ4n) is 3.94. The molecule has 0 rings (SSSR count). The average molecular weight is 415 g/mol. The third kappa shape index (κ3) is 25.4. The Balaban J connectivity index is 3.13. The van der Waals surface area contributed by atoms with Gasteiger partial charge in [0.15, 0.2) is 0 Å². The highest BCUT2D eigenvalue weighted by Gasteiger charge is 2.03. The lowest BCUT2D eigenvalue weighted by atomic mass is 10.0. The molecule has 0 aliphatic rings. The number of carboxylic acids is 1. The average Bonchev–Trinajstić information content (AvgIpc) is 2.70. The molecular weight excluding hydrogens is 364 g/mol. The zero-order chi connectivity index (χ0) is 21.4. The predicted molar refractivity (Wildman–Crippen MR) is 122 cm³/mol. The number of unbranched alkanes of at least 4 members (excludes halogenated alkanes) is 17. The van der Waals surface area contributed by atoms with Crippen LogP contribution in [-0.4, -0.2) is 34.0 Å². The summed E-state index contributed by atoms with van der Waals surface area (Å²) in [4.78, 5) is 10.4. The molecule has 0 aliphatic heterocycles. The van der Waals surface area contributed by atoms with Crippen LogP contribution in [0.3, 0.4) is 0 Å². The summed E-state index contributed by atoms with van der Waals surface area (Å²) >= 11 is 0. The monoisotopic (exact) mass is 414 g/mol. The van der Waals surface area contributed by atoms with Gasteiger partial charge in [-0.3, -0.25) is 4.79 Å². The van der Waals surface area contributed by atoms with Crippen molar-refractivity contribution < 1.29 is 20.1 Å².